The molecule has 0 spiro atoms. The van der Waals surface area contributed by atoms with Gasteiger partial charge in [-0.05, 0) is 85.8 Å². The molecule has 0 unspecified atom stereocenters. The molecule has 43 heavy (non-hydrogen) atoms. The van der Waals surface area contributed by atoms with Crippen LogP contribution in [0.25, 0.3) is 65.7 Å². The fraction of sp³-hybridized carbons (Fsp3) is 0. The molecule has 8 aromatic carbocycles. The van der Waals surface area contributed by atoms with E-state index in [1.165, 1.54) is 77.1 Å². The summed E-state index contributed by atoms with van der Waals surface area (Å²) in [5.41, 5.74) is 11.3. The Morgan fingerprint density at radius 2 is 0.907 bits per heavy atom. The molecular formula is C42H27N. The van der Waals surface area contributed by atoms with Gasteiger partial charge in [0.1, 0.15) is 0 Å². The highest BCUT2D eigenvalue weighted by Gasteiger charge is 2.31. The summed E-state index contributed by atoms with van der Waals surface area (Å²) in [6.07, 6.45) is 0. The van der Waals surface area contributed by atoms with E-state index in [-0.39, 0.29) is 0 Å². The number of nitrogens with zero attached hydrogens (tertiary/aromatic N) is 1. The van der Waals surface area contributed by atoms with E-state index in [1.807, 2.05) is 0 Å². The summed E-state index contributed by atoms with van der Waals surface area (Å²) >= 11 is 0. The van der Waals surface area contributed by atoms with Gasteiger partial charge in [0.2, 0.25) is 0 Å². The van der Waals surface area contributed by atoms with Gasteiger partial charge in [0.25, 0.3) is 0 Å². The van der Waals surface area contributed by atoms with Gasteiger partial charge in [0.15, 0.2) is 0 Å². The molecule has 1 aliphatic rings. The van der Waals surface area contributed by atoms with Crippen molar-refractivity contribution in [3.05, 3.63) is 164 Å². The van der Waals surface area contributed by atoms with Crippen molar-refractivity contribution in [2.45, 2.75) is 0 Å². The van der Waals surface area contributed by atoms with Crippen molar-refractivity contribution in [3.63, 3.8) is 0 Å². The van der Waals surface area contributed by atoms with Crippen LogP contribution in [0.15, 0.2) is 164 Å². The Labute approximate surface area is 250 Å². The third-order valence-electron chi connectivity index (χ3n) is 8.93. The molecule has 0 bridgehead atoms. The minimum absolute atomic E-state index is 1.14. The van der Waals surface area contributed by atoms with E-state index in [4.69, 9.17) is 0 Å². The molecule has 0 saturated heterocycles. The molecule has 1 nitrogen and oxygen atoms in total. The van der Waals surface area contributed by atoms with Gasteiger partial charge in [-0.1, -0.05) is 127 Å². The first-order chi connectivity index (χ1) is 21.3. The highest BCUT2D eigenvalue weighted by molar-refractivity contribution is 6.21. The third kappa shape index (κ3) is 3.72. The Balaban J connectivity index is 1.35. The Kier molecular flexibility index (Phi) is 5.27. The number of hydrogen-bond acceptors (Lipinski definition) is 1. The molecule has 8 aromatic rings. The molecule has 0 aromatic heterocycles. The van der Waals surface area contributed by atoms with E-state index in [2.05, 4.69) is 169 Å². The summed E-state index contributed by atoms with van der Waals surface area (Å²) in [5.74, 6) is 0. The predicted molar refractivity (Wildman–Crippen MR) is 184 cm³/mol. The van der Waals surface area contributed by atoms with Gasteiger partial charge in [0.05, 0.1) is 11.4 Å². The van der Waals surface area contributed by atoms with Crippen LogP contribution >= 0.6 is 0 Å². The molecule has 0 amide bonds. The summed E-state index contributed by atoms with van der Waals surface area (Å²) in [4.78, 5) is 2.50. The van der Waals surface area contributed by atoms with Crippen molar-refractivity contribution in [2.24, 2.45) is 0 Å². The molecule has 0 radical (unpaired) electrons. The zero-order valence-corrected chi connectivity index (χ0v) is 23.5. The lowest BCUT2D eigenvalue weighted by molar-refractivity contribution is 1.31. The van der Waals surface area contributed by atoms with Gasteiger partial charge in [-0.2, -0.15) is 0 Å². The highest BCUT2D eigenvalue weighted by atomic mass is 15.1. The first-order valence-corrected chi connectivity index (χ1v) is 14.9. The monoisotopic (exact) mass is 545 g/mol. The Morgan fingerprint density at radius 3 is 1.67 bits per heavy atom. The maximum absolute atomic E-state index is 2.50. The van der Waals surface area contributed by atoms with Crippen molar-refractivity contribution >= 4 is 49.4 Å². The summed E-state index contributed by atoms with van der Waals surface area (Å²) in [7, 11) is 0. The molecule has 0 N–H and O–H groups in total. The molecule has 200 valence electrons. The molecular weight excluding hydrogens is 518 g/mol. The van der Waals surface area contributed by atoms with Crippen LogP contribution in [0.1, 0.15) is 0 Å². The first kappa shape index (κ1) is 24.0. The average Bonchev–Trinajstić information content (AvgIpc) is 3.08. The van der Waals surface area contributed by atoms with Crippen molar-refractivity contribution < 1.29 is 0 Å². The minimum atomic E-state index is 1.14. The number of fused-ring (bicyclic) bond motifs is 7. The molecule has 0 fully saturated rings. The summed E-state index contributed by atoms with van der Waals surface area (Å²) in [5, 5.41) is 7.52. The largest absolute Gasteiger partial charge is 0.309 e. The highest BCUT2D eigenvalue weighted by Crippen LogP contribution is 2.58. The standard InChI is InChI=1S/C42H27N/c1-2-11-28(12-3-1)29-21-23-34(24-22-29)43(40-20-10-17-30-13-6-8-18-35(30)40)42-36-19-9-7-16-33(36)27-39-37-25-31-14-4-5-15-32(31)26-38(37)41(39)42/h1-27H. The van der Waals surface area contributed by atoms with Gasteiger partial charge in [-0.15, -0.1) is 0 Å². The van der Waals surface area contributed by atoms with Crippen LogP contribution in [0.4, 0.5) is 17.1 Å². The SMILES string of the molecule is c1ccc(-c2ccc(N(c3cccc4ccccc34)c3c4c(cc5ccccc35)-c3cc5ccccc5cc3-4)cc2)cc1. The minimum Gasteiger partial charge on any atom is -0.309 e. The smallest absolute Gasteiger partial charge is 0.0625 e. The maximum atomic E-state index is 2.50. The van der Waals surface area contributed by atoms with E-state index >= 15 is 0 Å². The van der Waals surface area contributed by atoms with E-state index in [9.17, 15) is 0 Å². The molecule has 0 heterocycles. The Bertz CT molecular complexity index is 2330. The fourth-order valence-electron chi connectivity index (χ4n) is 6.88. The maximum Gasteiger partial charge on any atom is 0.0625 e. The number of rotatable bonds is 4. The van der Waals surface area contributed by atoms with Crippen LogP contribution in [-0.4, -0.2) is 0 Å². The van der Waals surface area contributed by atoms with Crippen LogP contribution in [0, 0.1) is 0 Å². The average molecular weight is 546 g/mol. The number of benzene rings is 8. The number of hydrogen-bond donors (Lipinski definition) is 0. The predicted octanol–water partition coefficient (Wildman–Crippen LogP) is 11.9. The van der Waals surface area contributed by atoms with E-state index in [1.54, 1.807) is 0 Å². The zero-order chi connectivity index (χ0) is 28.3. The Hall–Kier alpha value is -5.66. The normalized spacial score (nSPS) is 11.7. The second kappa shape index (κ2) is 9.44. The lowest BCUT2D eigenvalue weighted by Crippen LogP contribution is -2.15. The van der Waals surface area contributed by atoms with Crippen LogP contribution in [0.5, 0.6) is 0 Å². The third-order valence-corrected chi connectivity index (χ3v) is 8.93. The fourth-order valence-corrected chi connectivity index (χ4v) is 6.88. The van der Waals surface area contributed by atoms with Gasteiger partial charge in [-0.3, -0.25) is 0 Å². The van der Waals surface area contributed by atoms with Gasteiger partial charge >= 0.3 is 0 Å². The van der Waals surface area contributed by atoms with Crippen molar-refractivity contribution in [1.82, 2.24) is 0 Å². The topological polar surface area (TPSA) is 3.24 Å². The van der Waals surface area contributed by atoms with E-state index < -0.39 is 0 Å². The second-order valence-corrected chi connectivity index (χ2v) is 11.4. The van der Waals surface area contributed by atoms with Crippen LogP contribution in [-0.2, 0) is 0 Å². The lowest BCUT2D eigenvalue weighted by Gasteiger charge is -2.36. The first-order valence-electron chi connectivity index (χ1n) is 14.9. The van der Waals surface area contributed by atoms with Gasteiger partial charge in [-0.25, -0.2) is 0 Å². The molecule has 0 atom stereocenters. The van der Waals surface area contributed by atoms with Crippen molar-refractivity contribution in [3.8, 4) is 33.4 Å². The molecule has 1 heteroatoms. The number of anilines is 3. The molecule has 0 aliphatic heterocycles. The molecule has 0 saturated carbocycles. The second-order valence-electron chi connectivity index (χ2n) is 11.4. The zero-order valence-electron chi connectivity index (χ0n) is 23.5. The van der Waals surface area contributed by atoms with E-state index in [0.29, 0.717) is 0 Å². The lowest BCUT2D eigenvalue weighted by atomic mass is 9.76. The van der Waals surface area contributed by atoms with Crippen LogP contribution < -0.4 is 4.90 Å². The van der Waals surface area contributed by atoms with Crippen LogP contribution in [0.3, 0.4) is 0 Å². The molecule has 1 aliphatic carbocycles. The quantitative estimate of drug-likeness (QED) is 0.213. The van der Waals surface area contributed by atoms with Gasteiger partial charge < -0.3 is 4.90 Å². The van der Waals surface area contributed by atoms with Crippen LogP contribution in [0.2, 0.25) is 0 Å². The van der Waals surface area contributed by atoms with Crippen molar-refractivity contribution in [2.75, 3.05) is 4.90 Å². The summed E-state index contributed by atoms with van der Waals surface area (Å²) in [6.45, 7) is 0. The van der Waals surface area contributed by atoms with Gasteiger partial charge in [0, 0.05) is 22.0 Å². The Morgan fingerprint density at radius 1 is 0.349 bits per heavy atom. The molecule has 9 rings (SSSR count). The van der Waals surface area contributed by atoms with E-state index in [0.717, 1.165) is 5.69 Å². The summed E-state index contributed by atoms with van der Waals surface area (Å²) in [6, 6.07) is 59.7. The summed E-state index contributed by atoms with van der Waals surface area (Å²) < 4.78 is 0. The van der Waals surface area contributed by atoms with Crippen molar-refractivity contribution in [1.29, 1.82) is 0 Å².